The molecule has 1 N–H and O–H groups in total. The lowest BCUT2D eigenvalue weighted by atomic mass is 9.96. The number of nitrogens with one attached hydrogen (secondary N) is 1. The second-order valence-corrected chi connectivity index (χ2v) is 13.3. The van der Waals surface area contributed by atoms with Gasteiger partial charge in [-0.05, 0) is 62.7 Å². The van der Waals surface area contributed by atoms with E-state index in [1.54, 1.807) is 0 Å². The first-order valence-electron chi connectivity index (χ1n) is 13.1. The van der Waals surface area contributed by atoms with Crippen molar-refractivity contribution in [2.75, 3.05) is 6.54 Å². The maximum absolute atomic E-state index is 13.8. The van der Waals surface area contributed by atoms with Gasteiger partial charge in [0.2, 0.25) is 11.8 Å². The zero-order chi connectivity index (χ0) is 30.7. The smallest absolute Gasteiger partial charge is 0.405 e. The number of likely N-dealkylation sites (tertiary alicyclic amines) is 1. The highest BCUT2D eigenvalue weighted by atomic mass is 32.2. The molecule has 15 heteroatoms. The molecule has 4 aliphatic rings. The van der Waals surface area contributed by atoms with Gasteiger partial charge in [0.05, 0.1) is 11.3 Å². The Kier molecular flexibility index (Phi) is 7.15. The van der Waals surface area contributed by atoms with Crippen molar-refractivity contribution in [3.05, 3.63) is 46.9 Å². The van der Waals surface area contributed by atoms with Gasteiger partial charge in [-0.2, -0.15) is 18.4 Å². The molecule has 0 aromatic heterocycles. The molecule has 5 rings (SSSR count). The van der Waals surface area contributed by atoms with Crippen molar-refractivity contribution in [1.29, 1.82) is 5.26 Å². The molecule has 0 bridgehead atoms. The zero-order valence-electron chi connectivity index (χ0n) is 21.9. The lowest BCUT2D eigenvalue weighted by molar-refractivity contribution is -0.274. The molecule has 3 aliphatic carbocycles. The predicted molar refractivity (Wildman–Crippen MR) is 135 cm³/mol. The number of benzene rings is 1. The van der Waals surface area contributed by atoms with Gasteiger partial charge in [0.15, 0.2) is 9.84 Å². The highest BCUT2D eigenvalue weighted by molar-refractivity contribution is 7.95. The van der Waals surface area contributed by atoms with Crippen molar-refractivity contribution in [2.24, 2.45) is 5.41 Å². The van der Waals surface area contributed by atoms with Gasteiger partial charge in [-0.25, -0.2) is 8.42 Å². The summed E-state index contributed by atoms with van der Waals surface area (Å²) in [6.07, 6.45) is -8.15. The second kappa shape index (κ2) is 10.0. The Labute approximate surface area is 236 Å². The monoisotopic (exact) mass is 617 g/mol. The molecule has 1 aliphatic heterocycles. The summed E-state index contributed by atoms with van der Waals surface area (Å²) in [5.41, 5.74) is -3.38. The molecule has 2 amide bonds. The number of amides is 2. The Bertz CT molecular complexity index is 1520. The van der Waals surface area contributed by atoms with Crippen LogP contribution in [0.25, 0.3) is 5.57 Å². The number of carbonyl (C=O) groups is 2. The second-order valence-electron chi connectivity index (χ2n) is 11.0. The van der Waals surface area contributed by atoms with Gasteiger partial charge in [0.1, 0.15) is 22.7 Å². The van der Waals surface area contributed by atoms with Crippen LogP contribution in [0.2, 0.25) is 0 Å². The Morgan fingerprint density at radius 3 is 2.21 bits per heavy atom. The first-order valence-corrected chi connectivity index (χ1v) is 14.7. The minimum Gasteiger partial charge on any atom is -0.405 e. The Hall–Kier alpha value is -3.54. The van der Waals surface area contributed by atoms with Crippen molar-refractivity contribution in [3.63, 3.8) is 0 Å². The largest absolute Gasteiger partial charge is 0.573 e. The van der Waals surface area contributed by atoms with Crippen LogP contribution in [0.3, 0.4) is 0 Å². The minimum absolute atomic E-state index is 0.0183. The summed E-state index contributed by atoms with van der Waals surface area (Å²) < 4.78 is 111. The number of ether oxygens (including phenoxy) is 1. The van der Waals surface area contributed by atoms with Crippen LogP contribution < -0.4 is 10.1 Å². The van der Waals surface area contributed by atoms with Gasteiger partial charge in [0, 0.05) is 17.0 Å². The summed E-state index contributed by atoms with van der Waals surface area (Å²) in [4.78, 5) is 26.8. The minimum atomic E-state index is -4.94. The number of sulfone groups is 1. The molecule has 2 saturated carbocycles. The molecule has 3 fully saturated rings. The SMILES string of the molecule is N#CC1(NC(=O)[C@@H]2C[C@@H](S(=O)(=O)C3=CC=C(c4ccccc4OC(F)(F)F)CC3)CN2C(=O)C2(C(F)(F)F)CC2)CC1. The van der Waals surface area contributed by atoms with E-state index in [1.165, 1.54) is 30.4 Å². The van der Waals surface area contributed by atoms with E-state index < -0.39 is 88.0 Å². The molecule has 226 valence electrons. The van der Waals surface area contributed by atoms with Crippen LogP contribution in [0.1, 0.15) is 50.5 Å². The summed E-state index contributed by atoms with van der Waals surface area (Å²) in [5.74, 6) is -2.71. The Morgan fingerprint density at radius 1 is 1.02 bits per heavy atom. The highest BCUT2D eigenvalue weighted by Crippen LogP contribution is 2.59. The highest BCUT2D eigenvalue weighted by Gasteiger charge is 2.70. The summed E-state index contributed by atoms with van der Waals surface area (Å²) in [6.45, 7) is -0.646. The van der Waals surface area contributed by atoms with Crippen LogP contribution in [0.4, 0.5) is 26.3 Å². The standard InChI is InChI=1S/C27H25F6N3O5S/c28-26(29,30)25(11-12-25)23(38)36-14-18(13-20(36)22(37)35-24(15-34)9-10-24)42(39,40)17-7-5-16(6-8-17)19-3-1-2-4-21(19)41-27(31,32)33/h1-5,7,18,20H,6,8-14H2,(H,35,37)/t18-,20+/m1/s1. The fourth-order valence-electron chi connectivity index (χ4n) is 5.46. The maximum Gasteiger partial charge on any atom is 0.573 e. The number of alkyl halides is 6. The lowest BCUT2D eigenvalue weighted by Crippen LogP contribution is -2.53. The fourth-order valence-corrected chi connectivity index (χ4v) is 7.33. The van der Waals surface area contributed by atoms with E-state index in [4.69, 9.17) is 0 Å². The van der Waals surface area contributed by atoms with Crippen LogP contribution in [-0.4, -0.2) is 61.0 Å². The third-order valence-electron chi connectivity index (χ3n) is 8.23. The van der Waals surface area contributed by atoms with Gasteiger partial charge in [-0.15, -0.1) is 13.2 Å². The van der Waals surface area contributed by atoms with Crippen molar-refractivity contribution in [1.82, 2.24) is 10.2 Å². The fraction of sp³-hybridized carbons (Fsp3) is 0.519. The third kappa shape index (κ3) is 5.48. The number of allylic oxidation sites excluding steroid dienone is 4. The molecule has 1 saturated heterocycles. The number of hydrogen-bond donors (Lipinski definition) is 1. The lowest BCUT2D eigenvalue weighted by Gasteiger charge is -2.29. The molecule has 1 aromatic carbocycles. The molecular formula is C27H25F6N3O5S. The Balaban J connectivity index is 1.41. The van der Waals surface area contributed by atoms with Crippen molar-refractivity contribution in [2.45, 2.75) is 74.3 Å². The van der Waals surface area contributed by atoms with Gasteiger partial charge in [-0.1, -0.05) is 24.3 Å². The maximum atomic E-state index is 13.8. The van der Waals surface area contributed by atoms with Crippen LogP contribution >= 0.6 is 0 Å². The summed E-state index contributed by atoms with van der Waals surface area (Å²) in [6, 6.07) is 5.77. The number of nitriles is 1. The summed E-state index contributed by atoms with van der Waals surface area (Å²) in [5, 5.41) is 10.4. The Morgan fingerprint density at radius 2 is 1.69 bits per heavy atom. The average molecular weight is 618 g/mol. The van der Waals surface area contributed by atoms with Gasteiger partial charge >= 0.3 is 12.5 Å². The molecule has 0 spiro atoms. The van der Waals surface area contributed by atoms with Crippen LogP contribution in [0, 0.1) is 16.7 Å². The summed E-state index contributed by atoms with van der Waals surface area (Å²) in [7, 11) is -4.25. The number of carbonyl (C=O) groups excluding carboxylic acids is 2. The molecule has 8 nitrogen and oxygen atoms in total. The third-order valence-corrected chi connectivity index (χ3v) is 10.5. The van der Waals surface area contributed by atoms with Crippen molar-refractivity contribution >= 4 is 27.2 Å². The molecule has 2 atom stereocenters. The van der Waals surface area contributed by atoms with Crippen LogP contribution in [-0.2, 0) is 19.4 Å². The average Bonchev–Trinajstić information content (AvgIpc) is 3.84. The molecule has 42 heavy (non-hydrogen) atoms. The van der Waals surface area contributed by atoms with Gasteiger partial charge in [0.25, 0.3) is 0 Å². The van der Waals surface area contributed by atoms with E-state index in [1.807, 2.05) is 6.07 Å². The van der Waals surface area contributed by atoms with Gasteiger partial charge < -0.3 is 15.0 Å². The van der Waals surface area contributed by atoms with Gasteiger partial charge in [-0.3, -0.25) is 9.59 Å². The first-order chi connectivity index (χ1) is 19.5. The van der Waals surface area contributed by atoms with E-state index in [0.29, 0.717) is 23.3 Å². The van der Waals surface area contributed by atoms with E-state index in [0.717, 1.165) is 6.07 Å². The number of para-hydroxylation sites is 1. The molecule has 1 heterocycles. The normalized spacial score (nSPS) is 24.6. The van der Waals surface area contributed by atoms with Crippen molar-refractivity contribution in [3.8, 4) is 11.8 Å². The predicted octanol–water partition coefficient (Wildman–Crippen LogP) is 4.55. The van der Waals surface area contributed by atoms with E-state index >= 15 is 0 Å². The molecule has 1 aromatic rings. The van der Waals surface area contributed by atoms with E-state index in [-0.39, 0.29) is 23.3 Å². The molecule has 0 unspecified atom stereocenters. The van der Waals surface area contributed by atoms with E-state index in [2.05, 4.69) is 10.1 Å². The topological polar surface area (TPSA) is 117 Å². The summed E-state index contributed by atoms with van der Waals surface area (Å²) >= 11 is 0. The van der Waals surface area contributed by atoms with Crippen LogP contribution in [0.5, 0.6) is 5.75 Å². The van der Waals surface area contributed by atoms with Crippen LogP contribution in [0.15, 0.2) is 41.3 Å². The first kappa shape index (κ1) is 29.9. The van der Waals surface area contributed by atoms with E-state index in [9.17, 15) is 49.6 Å². The van der Waals surface area contributed by atoms with Crippen molar-refractivity contribution < 1.29 is 49.1 Å². The number of rotatable bonds is 7. The molecule has 0 radical (unpaired) electrons. The number of nitrogens with zero attached hydrogens (tertiary/aromatic N) is 2. The zero-order valence-corrected chi connectivity index (χ0v) is 22.7. The molecular weight excluding hydrogens is 592 g/mol. The number of halogens is 6. The number of hydrogen-bond acceptors (Lipinski definition) is 6. The quantitative estimate of drug-likeness (QED) is 0.449.